The highest BCUT2D eigenvalue weighted by molar-refractivity contribution is 6.33. The predicted octanol–water partition coefficient (Wildman–Crippen LogP) is 5.26. The molecule has 1 atom stereocenters. The van der Waals surface area contributed by atoms with Crippen molar-refractivity contribution in [3.63, 3.8) is 0 Å². The maximum absolute atomic E-state index is 13.7. The summed E-state index contributed by atoms with van der Waals surface area (Å²) in [6.07, 6.45) is 0. The molecule has 0 saturated carbocycles. The monoisotopic (exact) mass is 309 g/mol. The SMILES string of the molecule is CCNC(C)c1ccc(F)cc1-c1cc(C)c(F)cc1Cl. The van der Waals surface area contributed by atoms with E-state index in [9.17, 15) is 8.78 Å². The van der Waals surface area contributed by atoms with Crippen molar-refractivity contribution in [1.29, 1.82) is 0 Å². The highest BCUT2D eigenvalue weighted by atomic mass is 35.5. The van der Waals surface area contributed by atoms with E-state index in [0.717, 1.165) is 12.1 Å². The first-order chi connectivity index (χ1) is 9.93. The van der Waals surface area contributed by atoms with Crippen LogP contribution in [0.15, 0.2) is 30.3 Å². The third-order valence-corrected chi connectivity index (χ3v) is 3.84. The topological polar surface area (TPSA) is 12.0 Å². The van der Waals surface area contributed by atoms with Crippen LogP contribution in [0.1, 0.15) is 31.0 Å². The normalized spacial score (nSPS) is 12.5. The lowest BCUT2D eigenvalue weighted by Gasteiger charge is -2.19. The summed E-state index contributed by atoms with van der Waals surface area (Å²) in [6.45, 7) is 6.48. The van der Waals surface area contributed by atoms with Crippen LogP contribution in [-0.2, 0) is 0 Å². The van der Waals surface area contributed by atoms with Gasteiger partial charge in [0.25, 0.3) is 0 Å². The van der Waals surface area contributed by atoms with Crippen LogP contribution in [0.4, 0.5) is 8.78 Å². The van der Waals surface area contributed by atoms with E-state index < -0.39 is 0 Å². The first kappa shape index (κ1) is 15.9. The van der Waals surface area contributed by atoms with Gasteiger partial charge in [0.15, 0.2) is 0 Å². The van der Waals surface area contributed by atoms with Crippen LogP contribution in [0.25, 0.3) is 11.1 Å². The average molecular weight is 310 g/mol. The molecule has 4 heteroatoms. The third kappa shape index (κ3) is 3.42. The Morgan fingerprint density at radius 2 is 1.86 bits per heavy atom. The number of rotatable bonds is 4. The maximum Gasteiger partial charge on any atom is 0.127 e. The molecule has 2 aromatic rings. The van der Waals surface area contributed by atoms with Gasteiger partial charge in [-0.05, 0) is 61.3 Å². The highest BCUT2D eigenvalue weighted by Crippen LogP contribution is 2.35. The molecular formula is C17H18ClF2N. The minimum atomic E-state index is -0.360. The summed E-state index contributed by atoms with van der Waals surface area (Å²) >= 11 is 6.16. The average Bonchev–Trinajstić information content (AvgIpc) is 2.43. The van der Waals surface area contributed by atoms with Crippen molar-refractivity contribution in [2.75, 3.05) is 6.54 Å². The number of hydrogen-bond donors (Lipinski definition) is 1. The molecule has 2 rings (SSSR count). The highest BCUT2D eigenvalue weighted by Gasteiger charge is 2.16. The molecule has 0 aliphatic carbocycles. The van der Waals surface area contributed by atoms with E-state index in [1.165, 1.54) is 18.2 Å². The molecule has 0 saturated heterocycles. The molecule has 112 valence electrons. The van der Waals surface area contributed by atoms with Gasteiger partial charge in [0, 0.05) is 11.6 Å². The van der Waals surface area contributed by atoms with Gasteiger partial charge in [-0.25, -0.2) is 8.78 Å². The second kappa shape index (κ2) is 6.54. The molecule has 0 radical (unpaired) electrons. The molecule has 0 bridgehead atoms. The Kier molecular flexibility index (Phi) is 4.96. The van der Waals surface area contributed by atoms with Gasteiger partial charge in [0.2, 0.25) is 0 Å². The third-order valence-electron chi connectivity index (χ3n) is 3.53. The number of halogens is 3. The van der Waals surface area contributed by atoms with E-state index in [2.05, 4.69) is 5.32 Å². The molecule has 0 aliphatic rings. The smallest absolute Gasteiger partial charge is 0.127 e. The molecule has 2 aromatic carbocycles. The Hall–Kier alpha value is -1.45. The first-order valence-electron chi connectivity index (χ1n) is 6.93. The number of aryl methyl sites for hydroxylation is 1. The van der Waals surface area contributed by atoms with Crippen LogP contribution in [0, 0.1) is 18.6 Å². The second-order valence-corrected chi connectivity index (χ2v) is 5.50. The Bertz CT molecular complexity index is 655. The van der Waals surface area contributed by atoms with Crippen LogP contribution < -0.4 is 5.32 Å². The molecule has 1 nitrogen and oxygen atoms in total. The van der Waals surface area contributed by atoms with Crippen LogP contribution in [0.5, 0.6) is 0 Å². The maximum atomic E-state index is 13.7. The molecule has 0 heterocycles. The first-order valence-corrected chi connectivity index (χ1v) is 7.30. The molecule has 21 heavy (non-hydrogen) atoms. The zero-order valence-corrected chi connectivity index (χ0v) is 13.1. The van der Waals surface area contributed by atoms with Crippen LogP contribution >= 0.6 is 11.6 Å². The fraction of sp³-hybridized carbons (Fsp3) is 0.294. The summed E-state index contributed by atoms with van der Waals surface area (Å²) in [5.41, 5.74) is 2.76. The molecular weight excluding hydrogens is 292 g/mol. The summed E-state index contributed by atoms with van der Waals surface area (Å²) in [5.74, 6) is -0.697. The summed E-state index contributed by atoms with van der Waals surface area (Å²) in [7, 11) is 0. The fourth-order valence-electron chi connectivity index (χ4n) is 2.42. The Labute approximate surface area is 128 Å². The van der Waals surface area contributed by atoms with E-state index in [0.29, 0.717) is 16.7 Å². The lowest BCUT2D eigenvalue weighted by atomic mass is 9.94. The minimum absolute atomic E-state index is 0.0482. The molecule has 0 spiro atoms. The van der Waals surface area contributed by atoms with E-state index in [-0.39, 0.29) is 22.7 Å². The molecule has 1 unspecified atom stereocenters. The summed E-state index contributed by atoms with van der Waals surface area (Å²) < 4.78 is 27.2. The minimum Gasteiger partial charge on any atom is -0.310 e. The Morgan fingerprint density at radius 1 is 1.14 bits per heavy atom. The largest absolute Gasteiger partial charge is 0.310 e. The Balaban J connectivity index is 2.62. The quantitative estimate of drug-likeness (QED) is 0.812. The van der Waals surface area contributed by atoms with Gasteiger partial charge in [0.1, 0.15) is 11.6 Å². The second-order valence-electron chi connectivity index (χ2n) is 5.09. The van der Waals surface area contributed by atoms with Crippen molar-refractivity contribution in [2.45, 2.75) is 26.8 Å². The van der Waals surface area contributed by atoms with E-state index >= 15 is 0 Å². The summed E-state index contributed by atoms with van der Waals surface area (Å²) in [6, 6.07) is 7.60. The van der Waals surface area contributed by atoms with Crippen molar-refractivity contribution in [3.8, 4) is 11.1 Å². The fourth-order valence-corrected chi connectivity index (χ4v) is 2.67. The van der Waals surface area contributed by atoms with Crippen molar-refractivity contribution in [1.82, 2.24) is 5.32 Å². The number of nitrogens with one attached hydrogen (secondary N) is 1. The molecule has 0 amide bonds. The number of benzene rings is 2. The number of hydrogen-bond acceptors (Lipinski definition) is 1. The van der Waals surface area contributed by atoms with Crippen LogP contribution in [0.2, 0.25) is 5.02 Å². The van der Waals surface area contributed by atoms with Gasteiger partial charge < -0.3 is 5.32 Å². The molecule has 0 aromatic heterocycles. The van der Waals surface area contributed by atoms with Crippen LogP contribution in [0.3, 0.4) is 0 Å². The van der Waals surface area contributed by atoms with Crippen LogP contribution in [-0.4, -0.2) is 6.54 Å². The van der Waals surface area contributed by atoms with Gasteiger partial charge in [-0.1, -0.05) is 24.6 Å². The molecule has 0 fully saturated rings. The lowest BCUT2D eigenvalue weighted by molar-refractivity contribution is 0.593. The molecule has 0 aliphatic heterocycles. The molecule has 1 N–H and O–H groups in total. The van der Waals surface area contributed by atoms with Gasteiger partial charge in [-0.2, -0.15) is 0 Å². The van der Waals surface area contributed by atoms with Gasteiger partial charge in [-0.3, -0.25) is 0 Å². The van der Waals surface area contributed by atoms with Gasteiger partial charge >= 0.3 is 0 Å². The van der Waals surface area contributed by atoms with Crippen molar-refractivity contribution >= 4 is 11.6 Å². The van der Waals surface area contributed by atoms with Crippen molar-refractivity contribution < 1.29 is 8.78 Å². The zero-order valence-electron chi connectivity index (χ0n) is 12.3. The van der Waals surface area contributed by atoms with Crippen molar-refractivity contribution in [2.24, 2.45) is 0 Å². The predicted molar refractivity (Wildman–Crippen MR) is 83.6 cm³/mol. The Morgan fingerprint density at radius 3 is 2.52 bits per heavy atom. The van der Waals surface area contributed by atoms with E-state index in [4.69, 9.17) is 11.6 Å². The summed E-state index contributed by atoms with van der Waals surface area (Å²) in [5, 5.41) is 3.58. The standard InChI is InChI=1S/C17H18ClF2N/c1-4-21-11(3)13-6-5-12(19)8-14(13)15-7-10(2)17(20)9-16(15)18/h5-9,11,21H,4H2,1-3H3. The van der Waals surface area contributed by atoms with E-state index in [1.807, 2.05) is 13.8 Å². The van der Waals surface area contributed by atoms with Gasteiger partial charge in [-0.15, -0.1) is 0 Å². The summed E-state index contributed by atoms with van der Waals surface area (Å²) in [4.78, 5) is 0. The van der Waals surface area contributed by atoms with Gasteiger partial charge in [0.05, 0.1) is 5.02 Å². The zero-order chi connectivity index (χ0) is 15.6. The van der Waals surface area contributed by atoms with E-state index in [1.54, 1.807) is 19.1 Å². The van der Waals surface area contributed by atoms with Crippen molar-refractivity contribution in [3.05, 3.63) is 58.1 Å². The lowest BCUT2D eigenvalue weighted by Crippen LogP contribution is -2.18.